The number of aromatic carboxylic acids is 1. The van der Waals surface area contributed by atoms with E-state index in [9.17, 15) is 23.7 Å². The molecule has 86 valence electrons. The van der Waals surface area contributed by atoms with E-state index in [2.05, 4.69) is 4.74 Å². The number of benzene rings is 1. The molecule has 0 saturated carbocycles. The predicted octanol–water partition coefficient (Wildman–Crippen LogP) is 1.89. The molecule has 0 unspecified atom stereocenters. The number of alkyl halides is 2. The molecule has 8 heteroatoms. The Morgan fingerprint density at radius 2 is 2.12 bits per heavy atom. The number of nitrogens with zero attached hydrogens (tertiary/aromatic N) is 1. The van der Waals surface area contributed by atoms with Gasteiger partial charge in [-0.25, -0.2) is 4.79 Å². The van der Waals surface area contributed by atoms with Crippen LogP contribution in [0.1, 0.15) is 10.4 Å². The molecule has 0 aliphatic heterocycles. The van der Waals surface area contributed by atoms with Crippen molar-refractivity contribution in [3.63, 3.8) is 0 Å². The fraction of sp³-hybridized carbons (Fsp3) is 0.125. The molecule has 0 spiro atoms. The molecule has 1 aromatic rings. The van der Waals surface area contributed by atoms with Gasteiger partial charge >= 0.3 is 18.3 Å². The largest absolute Gasteiger partial charge is 0.478 e. The van der Waals surface area contributed by atoms with Gasteiger partial charge in [0.05, 0.1) is 10.5 Å². The fourth-order valence-corrected chi connectivity index (χ4v) is 0.989. The van der Waals surface area contributed by atoms with E-state index in [1.165, 1.54) is 0 Å². The third-order valence-electron chi connectivity index (χ3n) is 1.62. The summed E-state index contributed by atoms with van der Waals surface area (Å²) in [6, 6.07) is 2.40. The third-order valence-corrected chi connectivity index (χ3v) is 1.62. The summed E-state index contributed by atoms with van der Waals surface area (Å²) in [7, 11) is 0. The molecule has 6 nitrogen and oxygen atoms in total. The quantitative estimate of drug-likeness (QED) is 0.633. The van der Waals surface area contributed by atoms with Gasteiger partial charge in [0.2, 0.25) is 5.75 Å². The van der Waals surface area contributed by atoms with Crippen molar-refractivity contribution >= 4 is 11.7 Å². The predicted molar refractivity (Wildman–Crippen MR) is 46.7 cm³/mol. The summed E-state index contributed by atoms with van der Waals surface area (Å²) >= 11 is 0. The van der Waals surface area contributed by atoms with Gasteiger partial charge in [-0.3, -0.25) is 10.1 Å². The van der Waals surface area contributed by atoms with Crippen LogP contribution in [-0.2, 0) is 0 Å². The van der Waals surface area contributed by atoms with Crippen LogP contribution in [-0.4, -0.2) is 22.6 Å². The van der Waals surface area contributed by atoms with Gasteiger partial charge in [0.1, 0.15) is 0 Å². The zero-order chi connectivity index (χ0) is 12.3. The van der Waals surface area contributed by atoms with Crippen molar-refractivity contribution in [3.05, 3.63) is 33.9 Å². The third kappa shape index (κ3) is 2.62. The lowest BCUT2D eigenvalue weighted by Crippen LogP contribution is -2.06. The van der Waals surface area contributed by atoms with Crippen molar-refractivity contribution in [2.45, 2.75) is 6.61 Å². The average Bonchev–Trinajstić information content (AvgIpc) is 2.16. The van der Waals surface area contributed by atoms with Crippen LogP contribution in [0.15, 0.2) is 18.2 Å². The maximum Gasteiger partial charge on any atom is 0.387 e. The number of hydrogen-bond acceptors (Lipinski definition) is 4. The molecule has 0 aliphatic rings. The van der Waals surface area contributed by atoms with Crippen LogP contribution in [0.5, 0.6) is 5.75 Å². The number of carboxylic acids is 1. The zero-order valence-corrected chi connectivity index (χ0v) is 7.59. The molecule has 0 atom stereocenters. The number of halogens is 2. The maximum atomic E-state index is 11.9. The lowest BCUT2D eigenvalue weighted by atomic mass is 10.2. The van der Waals surface area contributed by atoms with E-state index in [-0.39, 0.29) is 5.56 Å². The molecule has 0 radical (unpaired) electrons. The lowest BCUT2D eigenvalue weighted by molar-refractivity contribution is -0.386. The minimum absolute atomic E-state index is 0.381. The molecule has 1 N–H and O–H groups in total. The van der Waals surface area contributed by atoms with Gasteiger partial charge < -0.3 is 9.84 Å². The van der Waals surface area contributed by atoms with Gasteiger partial charge in [-0.1, -0.05) is 0 Å². The molecule has 16 heavy (non-hydrogen) atoms. The molecule has 1 aromatic carbocycles. The summed E-state index contributed by atoms with van der Waals surface area (Å²) in [4.78, 5) is 20.0. The first-order valence-electron chi connectivity index (χ1n) is 3.88. The van der Waals surface area contributed by atoms with Crippen LogP contribution < -0.4 is 4.74 Å². The standard InChI is InChI=1S/C8H5F2NO5/c9-8(10)16-6-2-1-4(7(12)13)3-5(6)11(14)15/h1-3,8H,(H,12,13). The van der Waals surface area contributed by atoms with Crippen LogP contribution in [0.25, 0.3) is 0 Å². The van der Waals surface area contributed by atoms with Crippen LogP contribution in [0.4, 0.5) is 14.5 Å². The van der Waals surface area contributed by atoms with Crippen LogP contribution >= 0.6 is 0 Å². The highest BCUT2D eigenvalue weighted by Gasteiger charge is 2.20. The zero-order valence-electron chi connectivity index (χ0n) is 7.59. The van der Waals surface area contributed by atoms with Crippen molar-refractivity contribution in [1.29, 1.82) is 0 Å². The van der Waals surface area contributed by atoms with E-state index in [0.717, 1.165) is 12.1 Å². The van der Waals surface area contributed by atoms with E-state index < -0.39 is 28.9 Å². The van der Waals surface area contributed by atoms with Gasteiger partial charge in [-0.2, -0.15) is 8.78 Å². The number of hydrogen-bond donors (Lipinski definition) is 1. The maximum absolute atomic E-state index is 11.9. The Morgan fingerprint density at radius 3 is 2.56 bits per heavy atom. The Balaban J connectivity index is 3.19. The Labute approximate surface area is 87.2 Å². The number of ether oxygens (including phenoxy) is 1. The highest BCUT2D eigenvalue weighted by molar-refractivity contribution is 5.88. The van der Waals surface area contributed by atoms with Crippen LogP contribution in [0.3, 0.4) is 0 Å². The lowest BCUT2D eigenvalue weighted by Gasteiger charge is -2.05. The minimum atomic E-state index is -3.21. The highest BCUT2D eigenvalue weighted by atomic mass is 19.3. The summed E-state index contributed by atoms with van der Waals surface area (Å²) in [5.41, 5.74) is -1.20. The second-order valence-corrected chi connectivity index (χ2v) is 2.62. The highest BCUT2D eigenvalue weighted by Crippen LogP contribution is 2.29. The van der Waals surface area contributed by atoms with Crippen molar-refractivity contribution in [2.24, 2.45) is 0 Å². The molecule has 0 saturated heterocycles. The van der Waals surface area contributed by atoms with Gasteiger partial charge in [0.15, 0.2) is 0 Å². The smallest absolute Gasteiger partial charge is 0.387 e. The van der Waals surface area contributed by atoms with E-state index in [4.69, 9.17) is 5.11 Å². The Kier molecular flexibility index (Phi) is 3.33. The van der Waals surface area contributed by atoms with Crippen molar-refractivity contribution in [2.75, 3.05) is 0 Å². The van der Waals surface area contributed by atoms with E-state index >= 15 is 0 Å². The van der Waals surface area contributed by atoms with Crippen molar-refractivity contribution < 1.29 is 28.3 Å². The summed E-state index contributed by atoms with van der Waals surface area (Å²) in [6.07, 6.45) is 0. The Bertz CT molecular complexity index is 434. The van der Waals surface area contributed by atoms with E-state index in [0.29, 0.717) is 6.07 Å². The van der Waals surface area contributed by atoms with Gasteiger partial charge in [-0.05, 0) is 12.1 Å². The number of rotatable bonds is 4. The van der Waals surface area contributed by atoms with E-state index in [1.54, 1.807) is 0 Å². The van der Waals surface area contributed by atoms with Crippen molar-refractivity contribution in [1.82, 2.24) is 0 Å². The van der Waals surface area contributed by atoms with Gasteiger partial charge in [-0.15, -0.1) is 0 Å². The summed E-state index contributed by atoms with van der Waals surface area (Å²) < 4.78 is 27.6. The Morgan fingerprint density at radius 1 is 1.50 bits per heavy atom. The molecule has 0 fully saturated rings. The summed E-state index contributed by atoms with van der Waals surface area (Å²) in [6.45, 7) is -3.21. The summed E-state index contributed by atoms with van der Waals surface area (Å²) in [5, 5.41) is 19.0. The van der Waals surface area contributed by atoms with Crippen LogP contribution in [0, 0.1) is 10.1 Å². The SMILES string of the molecule is O=C(O)c1ccc(OC(F)F)c([N+](=O)[O-])c1. The first kappa shape index (κ1) is 11.8. The topological polar surface area (TPSA) is 89.7 Å². The normalized spacial score (nSPS) is 10.2. The number of carbonyl (C=O) groups is 1. The molecule has 1 rings (SSSR count). The van der Waals surface area contributed by atoms with Crippen LogP contribution in [0.2, 0.25) is 0 Å². The van der Waals surface area contributed by atoms with Gasteiger partial charge in [0.25, 0.3) is 0 Å². The number of carboxylic acid groups (broad SMARTS) is 1. The molecular formula is C8H5F2NO5. The van der Waals surface area contributed by atoms with Crippen molar-refractivity contribution in [3.8, 4) is 5.75 Å². The Hall–Kier alpha value is -2.25. The first-order chi connectivity index (χ1) is 7.41. The fourth-order valence-electron chi connectivity index (χ4n) is 0.989. The molecule has 0 bridgehead atoms. The minimum Gasteiger partial charge on any atom is -0.478 e. The number of nitro groups is 1. The van der Waals surface area contributed by atoms with E-state index in [1.807, 2.05) is 0 Å². The average molecular weight is 233 g/mol. The number of nitro benzene ring substituents is 1. The molecule has 0 heterocycles. The second-order valence-electron chi connectivity index (χ2n) is 2.62. The molecule has 0 aromatic heterocycles. The second kappa shape index (κ2) is 4.51. The molecule has 0 amide bonds. The molecular weight excluding hydrogens is 228 g/mol. The summed E-state index contributed by atoms with van der Waals surface area (Å²) in [5.74, 6) is -2.07. The van der Waals surface area contributed by atoms with Gasteiger partial charge in [0, 0.05) is 6.07 Å². The first-order valence-corrected chi connectivity index (χ1v) is 3.88. The molecule has 0 aliphatic carbocycles. The monoisotopic (exact) mass is 233 g/mol.